The molecular formula is C22H33N3O2. The first-order valence-electron chi connectivity index (χ1n) is 10.5. The number of carbonyl (C=O) groups is 2. The van der Waals surface area contributed by atoms with Gasteiger partial charge in [0.05, 0.1) is 6.04 Å². The number of nitrogens with one attached hydrogen (secondary N) is 1. The summed E-state index contributed by atoms with van der Waals surface area (Å²) in [5.74, 6) is 0.723. The van der Waals surface area contributed by atoms with Crippen molar-refractivity contribution in [3.63, 3.8) is 0 Å². The molecule has 1 saturated heterocycles. The Kier molecular flexibility index (Phi) is 6.89. The van der Waals surface area contributed by atoms with Crippen molar-refractivity contribution in [2.45, 2.75) is 58.0 Å². The van der Waals surface area contributed by atoms with Gasteiger partial charge in [0, 0.05) is 37.8 Å². The van der Waals surface area contributed by atoms with Crippen LogP contribution in [-0.2, 0) is 4.79 Å². The van der Waals surface area contributed by atoms with E-state index < -0.39 is 0 Å². The molecule has 1 aromatic rings. The van der Waals surface area contributed by atoms with E-state index in [4.69, 9.17) is 0 Å². The number of benzene rings is 1. The predicted molar refractivity (Wildman–Crippen MR) is 108 cm³/mol. The van der Waals surface area contributed by atoms with E-state index in [9.17, 15) is 9.59 Å². The highest BCUT2D eigenvalue weighted by atomic mass is 16.2. The summed E-state index contributed by atoms with van der Waals surface area (Å²) in [5.41, 5.74) is 0.743. The van der Waals surface area contributed by atoms with E-state index in [1.165, 1.54) is 12.8 Å². The van der Waals surface area contributed by atoms with Crippen LogP contribution in [0, 0.1) is 5.92 Å². The van der Waals surface area contributed by atoms with Crippen molar-refractivity contribution in [1.82, 2.24) is 15.1 Å². The van der Waals surface area contributed by atoms with Crippen LogP contribution in [0.15, 0.2) is 30.3 Å². The third-order valence-electron chi connectivity index (χ3n) is 6.13. The van der Waals surface area contributed by atoms with Crippen LogP contribution in [0.5, 0.6) is 0 Å². The Bertz CT molecular complexity index is 620. The summed E-state index contributed by atoms with van der Waals surface area (Å²) in [4.78, 5) is 29.9. The monoisotopic (exact) mass is 371 g/mol. The van der Waals surface area contributed by atoms with Gasteiger partial charge in [-0.2, -0.15) is 0 Å². The van der Waals surface area contributed by atoms with Gasteiger partial charge in [0.2, 0.25) is 5.91 Å². The smallest absolute Gasteiger partial charge is 0.253 e. The second-order valence-electron chi connectivity index (χ2n) is 8.00. The lowest BCUT2D eigenvalue weighted by Crippen LogP contribution is -2.58. The summed E-state index contributed by atoms with van der Waals surface area (Å²) >= 11 is 0. The Morgan fingerprint density at radius 1 is 1.07 bits per heavy atom. The van der Waals surface area contributed by atoms with Crippen LogP contribution in [0.3, 0.4) is 0 Å². The molecule has 1 heterocycles. The average molecular weight is 372 g/mol. The Morgan fingerprint density at radius 3 is 2.30 bits per heavy atom. The van der Waals surface area contributed by atoms with Gasteiger partial charge >= 0.3 is 0 Å². The summed E-state index contributed by atoms with van der Waals surface area (Å²) in [6, 6.07) is 9.64. The molecule has 2 aliphatic rings. The lowest BCUT2D eigenvalue weighted by molar-refractivity contribution is -0.129. The molecule has 1 aliphatic carbocycles. The van der Waals surface area contributed by atoms with E-state index in [1.54, 1.807) is 0 Å². The molecule has 27 heavy (non-hydrogen) atoms. The van der Waals surface area contributed by atoms with Crippen molar-refractivity contribution >= 4 is 11.8 Å². The topological polar surface area (TPSA) is 52.7 Å². The fourth-order valence-corrected chi connectivity index (χ4v) is 4.35. The average Bonchev–Trinajstić information content (AvgIpc) is 3.23. The van der Waals surface area contributed by atoms with Crippen molar-refractivity contribution in [3.05, 3.63) is 35.9 Å². The Labute approximate surface area is 163 Å². The third-order valence-corrected chi connectivity index (χ3v) is 6.13. The number of hydrogen-bond donors (Lipinski definition) is 1. The second kappa shape index (κ2) is 9.36. The van der Waals surface area contributed by atoms with E-state index in [-0.39, 0.29) is 23.9 Å². The molecule has 0 spiro atoms. The summed E-state index contributed by atoms with van der Waals surface area (Å²) in [7, 11) is 0. The number of amides is 2. The van der Waals surface area contributed by atoms with E-state index in [0.29, 0.717) is 19.0 Å². The molecule has 3 rings (SSSR count). The van der Waals surface area contributed by atoms with E-state index in [0.717, 1.165) is 37.9 Å². The van der Waals surface area contributed by atoms with Gasteiger partial charge in [-0.05, 0) is 44.2 Å². The van der Waals surface area contributed by atoms with E-state index in [2.05, 4.69) is 24.1 Å². The van der Waals surface area contributed by atoms with Crippen LogP contribution in [0.2, 0.25) is 0 Å². The summed E-state index contributed by atoms with van der Waals surface area (Å²) in [6.45, 7) is 7.09. The summed E-state index contributed by atoms with van der Waals surface area (Å²) in [5, 5.41) is 3.20. The summed E-state index contributed by atoms with van der Waals surface area (Å²) < 4.78 is 0. The maximum absolute atomic E-state index is 13.0. The molecule has 2 unspecified atom stereocenters. The van der Waals surface area contributed by atoms with Crippen LogP contribution in [0.4, 0.5) is 0 Å². The largest absolute Gasteiger partial charge is 0.352 e. The van der Waals surface area contributed by atoms with Crippen molar-refractivity contribution in [3.8, 4) is 0 Å². The Balaban J connectivity index is 1.63. The zero-order valence-corrected chi connectivity index (χ0v) is 16.7. The highest BCUT2D eigenvalue weighted by molar-refractivity contribution is 5.94. The van der Waals surface area contributed by atoms with Crippen molar-refractivity contribution in [2.75, 3.05) is 26.2 Å². The van der Waals surface area contributed by atoms with Crippen LogP contribution in [-0.4, -0.2) is 59.9 Å². The molecule has 0 radical (unpaired) electrons. The molecule has 1 N–H and O–H groups in total. The molecule has 1 saturated carbocycles. The van der Waals surface area contributed by atoms with Gasteiger partial charge in [0.15, 0.2) is 0 Å². The Morgan fingerprint density at radius 2 is 1.70 bits per heavy atom. The van der Waals surface area contributed by atoms with Gasteiger partial charge in [-0.3, -0.25) is 14.5 Å². The van der Waals surface area contributed by atoms with Crippen molar-refractivity contribution < 1.29 is 9.59 Å². The first-order chi connectivity index (χ1) is 13.1. The molecule has 5 nitrogen and oxygen atoms in total. The molecule has 0 bridgehead atoms. The highest BCUT2D eigenvalue weighted by Crippen LogP contribution is 2.31. The van der Waals surface area contributed by atoms with Gasteiger partial charge < -0.3 is 10.2 Å². The van der Waals surface area contributed by atoms with Crippen LogP contribution in [0.1, 0.15) is 56.3 Å². The maximum atomic E-state index is 13.0. The number of carbonyl (C=O) groups excluding carboxylic acids is 2. The standard InChI is InChI=1S/C22H33N3O2/c1-3-17(2)23-21(26)20(18-9-7-8-10-18)24-13-15-25(16-14-24)22(27)19-11-5-4-6-12-19/h4-6,11-12,17-18,20H,3,7-10,13-16H2,1-2H3,(H,23,26). The fourth-order valence-electron chi connectivity index (χ4n) is 4.35. The molecule has 5 heteroatoms. The van der Waals surface area contributed by atoms with Crippen molar-refractivity contribution in [1.29, 1.82) is 0 Å². The highest BCUT2D eigenvalue weighted by Gasteiger charge is 2.37. The number of nitrogens with zero attached hydrogens (tertiary/aromatic N) is 2. The lowest BCUT2D eigenvalue weighted by atomic mass is 9.94. The molecule has 0 aromatic heterocycles. The Hall–Kier alpha value is -1.88. The zero-order chi connectivity index (χ0) is 19.2. The van der Waals surface area contributed by atoms with Gasteiger partial charge in [0.25, 0.3) is 5.91 Å². The minimum Gasteiger partial charge on any atom is -0.352 e. The minimum atomic E-state index is -0.0459. The van der Waals surface area contributed by atoms with Crippen LogP contribution < -0.4 is 5.32 Å². The zero-order valence-electron chi connectivity index (χ0n) is 16.7. The molecule has 1 aromatic carbocycles. The minimum absolute atomic E-state index is 0.0459. The van der Waals surface area contributed by atoms with Crippen LogP contribution in [0.25, 0.3) is 0 Å². The first kappa shape index (κ1) is 19.9. The number of rotatable bonds is 6. The van der Waals surface area contributed by atoms with Crippen LogP contribution >= 0.6 is 0 Å². The molecule has 2 fully saturated rings. The molecular weight excluding hydrogens is 338 g/mol. The predicted octanol–water partition coefficient (Wildman–Crippen LogP) is 2.92. The van der Waals surface area contributed by atoms with Gasteiger partial charge in [0.1, 0.15) is 0 Å². The molecule has 2 atom stereocenters. The quantitative estimate of drug-likeness (QED) is 0.836. The SMILES string of the molecule is CCC(C)NC(=O)C(C1CCCC1)N1CCN(C(=O)c2ccccc2)CC1. The van der Waals surface area contributed by atoms with E-state index in [1.807, 2.05) is 35.2 Å². The number of piperazine rings is 1. The fraction of sp³-hybridized carbons (Fsp3) is 0.636. The molecule has 2 amide bonds. The molecule has 148 valence electrons. The summed E-state index contributed by atoms with van der Waals surface area (Å²) in [6.07, 6.45) is 5.68. The van der Waals surface area contributed by atoms with E-state index >= 15 is 0 Å². The third kappa shape index (κ3) is 4.89. The van der Waals surface area contributed by atoms with Crippen molar-refractivity contribution in [2.24, 2.45) is 5.92 Å². The lowest BCUT2D eigenvalue weighted by Gasteiger charge is -2.41. The normalized spacial score (nSPS) is 21.0. The maximum Gasteiger partial charge on any atom is 0.253 e. The number of hydrogen-bond acceptors (Lipinski definition) is 3. The molecule has 1 aliphatic heterocycles. The first-order valence-corrected chi connectivity index (χ1v) is 10.5. The second-order valence-corrected chi connectivity index (χ2v) is 8.00. The van der Waals surface area contributed by atoms with Gasteiger partial charge in [-0.15, -0.1) is 0 Å². The van der Waals surface area contributed by atoms with Gasteiger partial charge in [-0.1, -0.05) is 38.0 Å². The van der Waals surface area contributed by atoms with Gasteiger partial charge in [-0.25, -0.2) is 0 Å².